The van der Waals surface area contributed by atoms with Gasteiger partial charge in [0.1, 0.15) is 12.1 Å². The van der Waals surface area contributed by atoms with Gasteiger partial charge in [0, 0.05) is 12.6 Å². The molecule has 108 valence electrons. The monoisotopic (exact) mass is 266 g/mol. The minimum atomic E-state index is 0.139. The molecule has 1 atom stereocenters. The maximum absolute atomic E-state index is 6.20. The highest BCUT2D eigenvalue weighted by atomic mass is 16.5. The van der Waals surface area contributed by atoms with Crippen LogP contribution < -0.4 is 15.8 Å². The fourth-order valence-electron chi connectivity index (χ4n) is 2.17. The zero-order valence-corrected chi connectivity index (χ0v) is 12.4. The Bertz CT molecular complexity index is 380. The number of hydrogen-bond donors (Lipinski definition) is 2. The predicted octanol–water partition coefficient (Wildman–Crippen LogP) is 2.36. The van der Waals surface area contributed by atoms with Gasteiger partial charge in [0.15, 0.2) is 0 Å². The first-order valence-electron chi connectivity index (χ1n) is 7.07. The summed E-state index contributed by atoms with van der Waals surface area (Å²) in [6.45, 7) is 9.57. The lowest BCUT2D eigenvalue weighted by Gasteiger charge is -2.22. The number of nitrogens with two attached hydrogens (primary N) is 1. The van der Waals surface area contributed by atoms with Crippen LogP contribution in [0.5, 0.6) is 5.88 Å². The quantitative estimate of drug-likeness (QED) is 0.755. The molecule has 1 unspecified atom stereocenters. The molecular weight excluding hydrogens is 240 g/mol. The summed E-state index contributed by atoms with van der Waals surface area (Å²) in [5.41, 5.74) is 7.13. The van der Waals surface area contributed by atoms with Crippen LogP contribution in [0.2, 0.25) is 0 Å². The molecule has 0 amide bonds. The van der Waals surface area contributed by atoms with Crippen LogP contribution in [-0.2, 0) is 0 Å². The number of nitrogens with one attached hydrogen (secondary N) is 1. The van der Waals surface area contributed by atoms with E-state index >= 15 is 0 Å². The van der Waals surface area contributed by atoms with Crippen LogP contribution in [0.1, 0.15) is 39.2 Å². The van der Waals surface area contributed by atoms with Crippen molar-refractivity contribution in [1.82, 2.24) is 9.97 Å². The van der Waals surface area contributed by atoms with Crippen molar-refractivity contribution >= 4 is 5.82 Å². The Morgan fingerprint density at radius 2 is 1.95 bits per heavy atom. The summed E-state index contributed by atoms with van der Waals surface area (Å²) in [5, 5.41) is 3.30. The number of hydrogen-bond acceptors (Lipinski definition) is 5. The van der Waals surface area contributed by atoms with E-state index in [1.165, 1.54) is 6.33 Å². The van der Waals surface area contributed by atoms with Gasteiger partial charge in [-0.2, -0.15) is 0 Å². The molecule has 3 N–H and O–H groups in total. The van der Waals surface area contributed by atoms with Crippen molar-refractivity contribution in [3.8, 4) is 5.88 Å². The third-order valence-corrected chi connectivity index (χ3v) is 3.48. The van der Waals surface area contributed by atoms with Crippen molar-refractivity contribution in [3.63, 3.8) is 0 Å². The summed E-state index contributed by atoms with van der Waals surface area (Å²) in [4.78, 5) is 8.36. The number of rotatable bonds is 8. The van der Waals surface area contributed by atoms with Crippen LogP contribution in [-0.4, -0.2) is 29.2 Å². The summed E-state index contributed by atoms with van der Waals surface area (Å²) < 4.78 is 5.45. The first-order valence-corrected chi connectivity index (χ1v) is 7.07. The Morgan fingerprint density at radius 1 is 1.26 bits per heavy atom. The lowest BCUT2D eigenvalue weighted by molar-refractivity contribution is 0.323. The summed E-state index contributed by atoms with van der Waals surface area (Å²) in [5.74, 6) is 1.98. The van der Waals surface area contributed by atoms with Gasteiger partial charge in [-0.25, -0.2) is 9.97 Å². The van der Waals surface area contributed by atoms with Crippen molar-refractivity contribution in [2.24, 2.45) is 11.7 Å². The second kappa shape index (κ2) is 7.94. The second-order valence-corrected chi connectivity index (χ2v) is 4.71. The van der Waals surface area contributed by atoms with Crippen LogP contribution in [0.25, 0.3) is 0 Å². The first-order chi connectivity index (χ1) is 9.13. The van der Waals surface area contributed by atoms with E-state index in [0.29, 0.717) is 18.4 Å². The van der Waals surface area contributed by atoms with Crippen LogP contribution in [0, 0.1) is 12.8 Å². The fraction of sp³-hybridized carbons (Fsp3) is 0.714. The number of anilines is 1. The molecule has 0 bridgehead atoms. The maximum atomic E-state index is 6.20. The summed E-state index contributed by atoms with van der Waals surface area (Å²) in [6, 6.07) is 0.139. The Labute approximate surface area is 116 Å². The van der Waals surface area contributed by atoms with E-state index in [1.54, 1.807) is 0 Å². The van der Waals surface area contributed by atoms with E-state index in [2.05, 4.69) is 29.1 Å². The van der Waals surface area contributed by atoms with E-state index < -0.39 is 0 Å². The average molecular weight is 266 g/mol. The molecule has 19 heavy (non-hydrogen) atoms. The van der Waals surface area contributed by atoms with Gasteiger partial charge in [-0.05, 0) is 19.8 Å². The molecule has 1 rings (SSSR count). The van der Waals surface area contributed by atoms with Gasteiger partial charge in [-0.15, -0.1) is 0 Å². The van der Waals surface area contributed by atoms with Gasteiger partial charge >= 0.3 is 0 Å². The van der Waals surface area contributed by atoms with Crippen LogP contribution in [0.4, 0.5) is 5.82 Å². The highest BCUT2D eigenvalue weighted by Crippen LogP contribution is 2.20. The van der Waals surface area contributed by atoms with Gasteiger partial charge in [0.05, 0.1) is 12.2 Å². The fourth-order valence-corrected chi connectivity index (χ4v) is 2.17. The molecule has 0 fully saturated rings. The Hall–Kier alpha value is -1.36. The minimum absolute atomic E-state index is 0.139. The third-order valence-electron chi connectivity index (χ3n) is 3.48. The molecule has 0 saturated heterocycles. The van der Waals surface area contributed by atoms with E-state index in [1.807, 2.05) is 13.8 Å². The Kier molecular flexibility index (Phi) is 6.56. The Balaban J connectivity index is 2.65. The van der Waals surface area contributed by atoms with Crippen molar-refractivity contribution in [3.05, 3.63) is 11.9 Å². The van der Waals surface area contributed by atoms with Crippen molar-refractivity contribution < 1.29 is 4.74 Å². The van der Waals surface area contributed by atoms with Crippen molar-refractivity contribution in [1.29, 1.82) is 0 Å². The van der Waals surface area contributed by atoms with E-state index in [0.717, 1.165) is 30.8 Å². The topological polar surface area (TPSA) is 73.1 Å². The molecule has 5 heteroatoms. The number of nitrogens with zero attached hydrogens (tertiary/aromatic N) is 2. The molecular formula is C14H26N4O. The Morgan fingerprint density at radius 3 is 2.53 bits per heavy atom. The van der Waals surface area contributed by atoms with Crippen LogP contribution >= 0.6 is 0 Å². The molecule has 1 aromatic heterocycles. The largest absolute Gasteiger partial charge is 0.478 e. The molecule has 0 radical (unpaired) electrons. The standard InChI is InChI=1S/C14H26N4O/c1-5-11(6-2)12(15)8-16-13-10(4)14(19-7-3)18-9-17-13/h9,11-12H,5-8,15H2,1-4H3,(H,16,17,18). The highest BCUT2D eigenvalue weighted by molar-refractivity contribution is 5.47. The van der Waals surface area contributed by atoms with Gasteiger partial charge in [0.25, 0.3) is 0 Å². The summed E-state index contributed by atoms with van der Waals surface area (Å²) in [7, 11) is 0. The van der Waals surface area contributed by atoms with E-state index in [-0.39, 0.29) is 6.04 Å². The number of ether oxygens (including phenoxy) is 1. The lowest BCUT2D eigenvalue weighted by atomic mass is 9.95. The van der Waals surface area contributed by atoms with Crippen molar-refractivity contribution in [2.45, 2.75) is 46.6 Å². The third kappa shape index (κ3) is 4.35. The molecule has 0 aromatic carbocycles. The lowest BCUT2D eigenvalue weighted by Crippen LogP contribution is -2.36. The highest BCUT2D eigenvalue weighted by Gasteiger charge is 2.15. The normalized spacial score (nSPS) is 12.5. The van der Waals surface area contributed by atoms with Gasteiger partial charge in [0.2, 0.25) is 5.88 Å². The van der Waals surface area contributed by atoms with Crippen molar-refractivity contribution in [2.75, 3.05) is 18.5 Å². The molecule has 5 nitrogen and oxygen atoms in total. The van der Waals surface area contributed by atoms with Crippen LogP contribution in [0.15, 0.2) is 6.33 Å². The zero-order chi connectivity index (χ0) is 14.3. The average Bonchev–Trinajstić information content (AvgIpc) is 2.41. The summed E-state index contributed by atoms with van der Waals surface area (Å²) >= 11 is 0. The molecule has 0 aliphatic heterocycles. The molecule has 0 spiro atoms. The maximum Gasteiger partial charge on any atom is 0.221 e. The zero-order valence-electron chi connectivity index (χ0n) is 12.4. The number of aromatic nitrogens is 2. The van der Waals surface area contributed by atoms with Crippen LogP contribution in [0.3, 0.4) is 0 Å². The molecule has 0 aliphatic carbocycles. The van der Waals surface area contributed by atoms with Gasteiger partial charge in [-0.1, -0.05) is 26.7 Å². The predicted molar refractivity (Wildman–Crippen MR) is 78.5 cm³/mol. The molecule has 1 heterocycles. The smallest absolute Gasteiger partial charge is 0.221 e. The minimum Gasteiger partial charge on any atom is -0.478 e. The van der Waals surface area contributed by atoms with E-state index in [9.17, 15) is 0 Å². The first kappa shape index (κ1) is 15.7. The molecule has 1 aromatic rings. The molecule has 0 saturated carbocycles. The summed E-state index contributed by atoms with van der Waals surface area (Å²) in [6.07, 6.45) is 3.72. The second-order valence-electron chi connectivity index (χ2n) is 4.71. The SMILES string of the molecule is CCOc1ncnc(NCC(N)C(CC)CC)c1C. The van der Waals surface area contributed by atoms with Gasteiger partial charge < -0.3 is 15.8 Å². The van der Waals surface area contributed by atoms with E-state index in [4.69, 9.17) is 10.5 Å². The van der Waals surface area contributed by atoms with Gasteiger partial charge in [-0.3, -0.25) is 0 Å². The molecule has 0 aliphatic rings.